The van der Waals surface area contributed by atoms with E-state index in [0.717, 1.165) is 52.0 Å². The fourth-order valence-corrected chi connectivity index (χ4v) is 6.39. The summed E-state index contributed by atoms with van der Waals surface area (Å²) in [5, 5.41) is 4.41. The second-order valence-corrected chi connectivity index (χ2v) is 11.9. The number of halogens is 3. The fourth-order valence-electron chi connectivity index (χ4n) is 4.97. The summed E-state index contributed by atoms with van der Waals surface area (Å²) >= 11 is 0. The van der Waals surface area contributed by atoms with E-state index in [1.165, 1.54) is 4.31 Å². The summed E-state index contributed by atoms with van der Waals surface area (Å²) in [6.45, 7) is 7.34. The van der Waals surface area contributed by atoms with Crippen molar-refractivity contribution in [3.63, 3.8) is 0 Å². The van der Waals surface area contributed by atoms with Crippen LogP contribution in [0.25, 0.3) is 10.9 Å². The van der Waals surface area contributed by atoms with Crippen molar-refractivity contribution in [2.75, 3.05) is 31.5 Å². The molecule has 1 atom stereocenters. The van der Waals surface area contributed by atoms with Crippen LogP contribution in [0, 0.1) is 13.8 Å². The molecule has 1 aliphatic rings. The summed E-state index contributed by atoms with van der Waals surface area (Å²) in [6.07, 6.45) is -4.52. The minimum atomic E-state index is -4.52. The molecule has 0 amide bonds. The zero-order chi connectivity index (χ0) is 28.7. The van der Waals surface area contributed by atoms with E-state index in [4.69, 9.17) is 9.97 Å². The van der Waals surface area contributed by atoms with Crippen molar-refractivity contribution in [1.29, 1.82) is 0 Å². The molecule has 0 aliphatic carbocycles. The number of nitrogens with zero attached hydrogens (tertiary/aromatic N) is 4. The van der Waals surface area contributed by atoms with Crippen LogP contribution in [0.2, 0.25) is 0 Å². The quantitative estimate of drug-likeness (QED) is 0.304. The molecule has 4 aromatic rings. The maximum atomic E-state index is 13.1. The molecule has 2 heterocycles. The Balaban J connectivity index is 1.35. The molecule has 5 rings (SSSR count). The summed E-state index contributed by atoms with van der Waals surface area (Å²) in [5.41, 5.74) is 3.11. The largest absolute Gasteiger partial charge is 0.416 e. The molecule has 1 aromatic heterocycles. The smallest absolute Gasteiger partial charge is 0.339 e. The molecule has 7 nitrogen and oxygen atoms in total. The number of alkyl halides is 3. The zero-order valence-electron chi connectivity index (χ0n) is 22.4. The van der Waals surface area contributed by atoms with E-state index in [1.54, 1.807) is 0 Å². The van der Waals surface area contributed by atoms with Crippen molar-refractivity contribution in [2.45, 2.75) is 37.9 Å². The van der Waals surface area contributed by atoms with Crippen LogP contribution < -0.4 is 5.32 Å². The number of hydrogen-bond acceptors (Lipinski definition) is 6. The van der Waals surface area contributed by atoms with Gasteiger partial charge >= 0.3 is 6.18 Å². The normalized spacial score (nSPS) is 16.2. The van der Waals surface area contributed by atoms with Crippen molar-refractivity contribution in [3.05, 3.63) is 89.2 Å². The Morgan fingerprint density at radius 2 is 1.48 bits per heavy atom. The number of benzene rings is 3. The van der Waals surface area contributed by atoms with Gasteiger partial charge in [-0.05, 0) is 68.3 Å². The third-order valence-corrected chi connectivity index (χ3v) is 9.27. The Labute approximate surface area is 231 Å². The van der Waals surface area contributed by atoms with E-state index in [-0.39, 0.29) is 24.0 Å². The topological polar surface area (TPSA) is 78.4 Å². The number of sulfonamides is 1. The van der Waals surface area contributed by atoms with Gasteiger partial charge in [-0.15, -0.1) is 0 Å². The van der Waals surface area contributed by atoms with Gasteiger partial charge in [-0.1, -0.05) is 30.3 Å². The Bertz CT molecular complexity index is 1610. The zero-order valence-corrected chi connectivity index (χ0v) is 23.2. The van der Waals surface area contributed by atoms with Crippen molar-refractivity contribution in [1.82, 2.24) is 19.2 Å². The maximum Gasteiger partial charge on any atom is 0.416 e. The van der Waals surface area contributed by atoms with E-state index in [1.807, 2.05) is 63.2 Å². The molecule has 1 fully saturated rings. The average molecular weight is 570 g/mol. The highest BCUT2D eigenvalue weighted by Gasteiger charge is 2.33. The van der Waals surface area contributed by atoms with Gasteiger partial charge in [-0.3, -0.25) is 4.90 Å². The minimum Gasteiger partial charge on any atom is -0.339 e. The molecular formula is C29H30F3N5O2S. The van der Waals surface area contributed by atoms with Crippen LogP contribution >= 0.6 is 0 Å². The predicted molar refractivity (Wildman–Crippen MR) is 149 cm³/mol. The van der Waals surface area contributed by atoms with Crippen LogP contribution in [0.1, 0.15) is 35.5 Å². The molecule has 0 saturated carbocycles. The molecule has 0 spiro atoms. The average Bonchev–Trinajstić information content (AvgIpc) is 2.94. The second kappa shape index (κ2) is 10.8. The van der Waals surface area contributed by atoms with Crippen LogP contribution in [0.15, 0.2) is 71.6 Å². The van der Waals surface area contributed by atoms with Gasteiger partial charge in [0.2, 0.25) is 10.0 Å². The van der Waals surface area contributed by atoms with Crippen molar-refractivity contribution in [2.24, 2.45) is 0 Å². The summed E-state index contributed by atoms with van der Waals surface area (Å²) in [5.74, 6) is 1.32. The van der Waals surface area contributed by atoms with Crippen LogP contribution in [0.3, 0.4) is 0 Å². The number of para-hydroxylation sites is 2. The van der Waals surface area contributed by atoms with Crippen molar-refractivity contribution < 1.29 is 21.6 Å². The lowest BCUT2D eigenvalue weighted by molar-refractivity contribution is -0.137. The molecule has 11 heteroatoms. The van der Waals surface area contributed by atoms with E-state index >= 15 is 0 Å². The van der Waals surface area contributed by atoms with E-state index in [2.05, 4.69) is 10.2 Å². The SMILES string of the molecule is Cc1cccc(C)c1Nc1nc([C@H](C)N2CCN(S(=O)(=O)c3ccc(C(F)(F)F)cc3)CC2)nc2ccccc12. The Hall–Kier alpha value is -3.54. The number of anilines is 2. The highest BCUT2D eigenvalue weighted by Crippen LogP contribution is 2.32. The second-order valence-electron chi connectivity index (χ2n) is 9.98. The van der Waals surface area contributed by atoms with Gasteiger partial charge in [0.15, 0.2) is 0 Å². The van der Waals surface area contributed by atoms with Gasteiger partial charge in [-0.2, -0.15) is 17.5 Å². The van der Waals surface area contributed by atoms with Crippen LogP contribution in [0.4, 0.5) is 24.7 Å². The third kappa shape index (κ3) is 5.54. The predicted octanol–water partition coefficient (Wildman–Crippen LogP) is 6.08. The van der Waals surface area contributed by atoms with E-state index < -0.39 is 21.8 Å². The van der Waals surface area contributed by atoms with Crippen LogP contribution in [0.5, 0.6) is 0 Å². The van der Waals surface area contributed by atoms with Gasteiger partial charge in [-0.25, -0.2) is 18.4 Å². The summed E-state index contributed by atoms with van der Waals surface area (Å²) in [4.78, 5) is 11.7. The van der Waals surface area contributed by atoms with Crippen molar-refractivity contribution in [3.8, 4) is 0 Å². The Morgan fingerprint density at radius 1 is 0.850 bits per heavy atom. The number of nitrogens with one attached hydrogen (secondary N) is 1. The standard InChI is InChI=1S/C29H30F3N5O2S/c1-19-7-6-8-20(2)26(19)34-28-24-9-4-5-10-25(24)33-27(35-28)21(3)36-15-17-37(18-16-36)40(38,39)23-13-11-22(12-14-23)29(30,31)32/h4-14,21H,15-18H2,1-3H3,(H,33,34,35)/t21-/m0/s1. The molecule has 1 saturated heterocycles. The molecule has 1 aliphatic heterocycles. The van der Waals surface area contributed by atoms with E-state index in [0.29, 0.717) is 24.7 Å². The van der Waals surface area contributed by atoms with Crippen molar-refractivity contribution >= 4 is 32.4 Å². The first-order valence-electron chi connectivity index (χ1n) is 13.0. The molecule has 0 unspecified atom stereocenters. The molecule has 40 heavy (non-hydrogen) atoms. The summed E-state index contributed by atoms with van der Waals surface area (Å²) in [6, 6.07) is 17.3. The highest BCUT2D eigenvalue weighted by molar-refractivity contribution is 7.89. The first kappa shape index (κ1) is 28.0. The van der Waals surface area contributed by atoms with Crippen LogP contribution in [-0.2, 0) is 16.2 Å². The van der Waals surface area contributed by atoms with Gasteiger partial charge in [0.1, 0.15) is 11.6 Å². The lowest BCUT2D eigenvalue weighted by atomic mass is 10.1. The Morgan fingerprint density at radius 3 is 2.10 bits per heavy atom. The number of piperazine rings is 1. The van der Waals surface area contributed by atoms with E-state index in [9.17, 15) is 21.6 Å². The monoisotopic (exact) mass is 569 g/mol. The summed E-state index contributed by atoms with van der Waals surface area (Å²) in [7, 11) is -3.92. The molecule has 210 valence electrons. The molecule has 1 N–H and O–H groups in total. The Kier molecular flexibility index (Phi) is 7.56. The molecule has 0 bridgehead atoms. The van der Waals surface area contributed by atoms with Gasteiger partial charge in [0, 0.05) is 37.3 Å². The number of rotatable bonds is 6. The van der Waals surface area contributed by atoms with Gasteiger partial charge in [0.25, 0.3) is 0 Å². The number of aryl methyl sites for hydroxylation is 2. The fraction of sp³-hybridized carbons (Fsp3) is 0.310. The maximum absolute atomic E-state index is 13.1. The minimum absolute atomic E-state index is 0.151. The first-order chi connectivity index (χ1) is 18.9. The highest BCUT2D eigenvalue weighted by atomic mass is 32.2. The third-order valence-electron chi connectivity index (χ3n) is 7.36. The molecule has 3 aromatic carbocycles. The summed E-state index contributed by atoms with van der Waals surface area (Å²) < 4.78 is 66.2. The van der Waals surface area contributed by atoms with Crippen LogP contribution in [-0.4, -0.2) is 53.8 Å². The first-order valence-corrected chi connectivity index (χ1v) is 14.4. The van der Waals surface area contributed by atoms with Gasteiger partial charge < -0.3 is 5.32 Å². The molecular weight excluding hydrogens is 539 g/mol. The number of hydrogen-bond donors (Lipinski definition) is 1. The lowest BCUT2D eigenvalue weighted by Gasteiger charge is -2.37. The molecule has 0 radical (unpaired) electrons. The number of fused-ring (bicyclic) bond motifs is 1. The number of aromatic nitrogens is 2. The lowest BCUT2D eigenvalue weighted by Crippen LogP contribution is -2.49. The van der Waals surface area contributed by atoms with Gasteiger partial charge in [0.05, 0.1) is 22.0 Å².